The fourth-order valence-electron chi connectivity index (χ4n) is 7.39. The number of alkyl halides is 1. The molecule has 0 aliphatic heterocycles. The smallest absolute Gasteiger partial charge is 0.311 e. The molecular formula is C27H35FO7. The first-order chi connectivity index (χ1) is 16.3. The average molecular weight is 491 g/mol. The highest BCUT2D eigenvalue weighted by Gasteiger charge is 2.75. The molecule has 4 rings (SSSR count). The Balaban J connectivity index is 1.89. The van der Waals surface area contributed by atoms with Gasteiger partial charge in [0.25, 0.3) is 0 Å². The summed E-state index contributed by atoms with van der Waals surface area (Å²) in [5.74, 6) is -3.76. The SMILES string of the molecule is CCCCC(=O)OC1=C[C@H]2[C@@H]3CC(C)[C@](O)(C(=O)CO)[C@@]3(C)CC(O)[C@]2(F)[C@@]2(C)C=CC(=O)C=C12. The Bertz CT molecular complexity index is 1050. The van der Waals surface area contributed by atoms with Gasteiger partial charge in [0, 0.05) is 23.3 Å². The molecular weight excluding hydrogens is 455 g/mol. The Kier molecular flexibility index (Phi) is 6.26. The van der Waals surface area contributed by atoms with Gasteiger partial charge in [-0.1, -0.05) is 33.3 Å². The molecule has 2 fully saturated rings. The summed E-state index contributed by atoms with van der Waals surface area (Å²) in [4.78, 5) is 37.6. The van der Waals surface area contributed by atoms with Gasteiger partial charge < -0.3 is 20.1 Å². The van der Waals surface area contributed by atoms with Gasteiger partial charge in [-0.05, 0) is 56.3 Å². The number of hydrogen-bond acceptors (Lipinski definition) is 7. The molecule has 3 N–H and O–H groups in total. The lowest BCUT2D eigenvalue weighted by molar-refractivity contribution is -0.206. The maximum atomic E-state index is 17.4. The third-order valence-corrected chi connectivity index (χ3v) is 9.38. The van der Waals surface area contributed by atoms with Gasteiger partial charge in [0.1, 0.15) is 18.0 Å². The third-order valence-electron chi connectivity index (χ3n) is 9.38. The van der Waals surface area contributed by atoms with Crippen molar-refractivity contribution in [1.82, 2.24) is 0 Å². The minimum absolute atomic E-state index is 0.0811. The number of ether oxygens (including phenoxy) is 1. The van der Waals surface area contributed by atoms with Gasteiger partial charge in [0.2, 0.25) is 0 Å². The summed E-state index contributed by atoms with van der Waals surface area (Å²) in [6.07, 6.45) is 5.44. The van der Waals surface area contributed by atoms with E-state index in [1.54, 1.807) is 20.8 Å². The van der Waals surface area contributed by atoms with Crippen LogP contribution in [0.25, 0.3) is 0 Å². The molecule has 4 aliphatic carbocycles. The number of aliphatic hydroxyl groups is 3. The molecule has 4 aliphatic rings. The van der Waals surface area contributed by atoms with Crippen molar-refractivity contribution in [3.63, 3.8) is 0 Å². The highest BCUT2D eigenvalue weighted by Crippen LogP contribution is 2.70. The van der Waals surface area contributed by atoms with Crippen molar-refractivity contribution in [1.29, 1.82) is 0 Å². The molecule has 7 nitrogen and oxygen atoms in total. The van der Waals surface area contributed by atoms with Crippen LogP contribution in [0.3, 0.4) is 0 Å². The number of allylic oxidation sites excluding steroid dienone is 5. The number of Topliss-reactive ketones (excluding diaryl/α,β-unsaturated/α-hetero) is 1. The van der Waals surface area contributed by atoms with E-state index in [-0.39, 0.29) is 36.4 Å². The zero-order chi connectivity index (χ0) is 26.0. The maximum Gasteiger partial charge on any atom is 0.311 e. The van der Waals surface area contributed by atoms with Crippen molar-refractivity contribution in [2.45, 2.75) is 77.2 Å². The standard InChI is InChI=1S/C27H35FO7/c1-5-6-7-23(33)35-20-12-18-17-10-15(2)27(34,22(32)14-29)25(17,4)13-21(31)26(18,28)24(3)9-8-16(30)11-19(20)24/h8-9,11-12,15,17-18,21,29,31,34H,5-7,10,13-14H2,1-4H3/t15?,17-,18-,21?,24-,25-,26-,27-/m0/s1. The van der Waals surface area contributed by atoms with E-state index in [0.29, 0.717) is 6.42 Å². The van der Waals surface area contributed by atoms with Crippen LogP contribution in [0.5, 0.6) is 0 Å². The predicted molar refractivity (Wildman–Crippen MR) is 124 cm³/mol. The summed E-state index contributed by atoms with van der Waals surface area (Å²) in [5.41, 5.74) is -6.75. The fraction of sp³-hybridized carbons (Fsp3) is 0.667. The van der Waals surface area contributed by atoms with Crippen LogP contribution in [0.4, 0.5) is 4.39 Å². The topological polar surface area (TPSA) is 121 Å². The van der Waals surface area contributed by atoms with Crippen molar-refractivity contribution < 1.29 is 38.8 Å². The first kappa shape index (κ1) is 25.9. The normalized spacial score (nSPS) is 44.1. The summed E-state index contributed by atoms with van der Waals surface area (Å²) in [6.45, 7) is 6.00. The second-order valence-electron chi connectivity index (χ2n) is 11.1. The number of aliphatic hydroxyl groups excluding tert-OH is 2. The van der Waals surface area contributed by atoms with Gasteiger partial charge in [-0.2, -0.15) is 0 Å². The average Bonchev–Trinajstić information content (AvgIpc) is 3.01. The number of halogens is 1. The number of esters is 1. The quantitative estimate of drug-likeness (QED) is 0.490. The molecule has 0 aromatic carbocycles. The Labute approximate surface area is 204 Å². The van der Waals surface area contributed by atoms with E-state index >= 15 is 4.39 Å². The lowest BCUT2D eigenvalue weighted by atomic mass is 9.46. The lowest BCUT2D eigenvalue weighted by Crippen LogP contribution is -2.69. The van der Waals surface area contributed by atoms with Crippen molar-refractivity contribution >= 4 is 17.5 Å². The molecule has 0 spiro atoms. The van der Waals surface area contributed by atoms with Gasteiger partial charge in [0.15, 0.2) is 17.2 Å². The van der Waals surface area contributed by atoms with Gasteiger partial charge in [-0.3, -0.25) is 14.4 Å². The summed E-state index contributed by atoms with van der Waals surface area (Å²) in [6, 6.07) is 0. The van der Waals surface area contributed by atoms with Gasteiger partial charge in [-0.25, -0.2) is 4.39 Å². The molecule has 192 valence electrons. The number of hydrogen-bond donors (Lipinski definition) is 3. The monoisotopic (exact) mass is 490 g/mol. The number of ketones is 2. The zero-order valence-electron chi connectivity index (χ0n) is 20.7. The van der Waals surface area contributed by atoms with Gasteiger partial charge in [-0.15, -0.1) is 0 Å². The van der Waals surface area contributed by atoms with E-state index in [4.69, 9.17) is 4.74 Å². The van der Waals surface area contributed by atoms with E-state index in [0.717, 1.165) is 6.42 Å². The number of unbranched alkanes of at least 4 members (excludes halogenated alkanes) is 1. The van der Waals surface area contributed by atoms with Crippen molar-refractivity contribution in [3.8, 4) is 0 Å². The Hall–Kier alpha value is -2.16. The summed E-state index contributed by atoms with van der Waals surface area (Å²) in [5, 5.41) is 32.6. The first-order valence-corrected chi connectivity index (χ1v) is 12.4. The van der Waals surface area contributed by atoms with E-state index in [2.05, 4.69) is 0 Å². The van der Waals surface area contributed by atoms with Crippen molar-refractivity contribution in [2.24, 2.45) is 28.6 Å². The minimum atomic E-state index is -2.28. The lowest BCUT2D eigenvalue weighted by Gasteiger charge is -2.61. The van der Waals surface area contributed by atoms with Crippen LogP contribution in [0.1, 0.15) is 59.8 Å². The molecule has 8 heteroatoms. The molecule has 8 atom stereocenters. The Morgan fingerprint density at radius 2 is 1.97 bits per heavy atom. The number of carbonyl (C=O) groups is 3. The number of fused-ring (bicyclic) bond motifs is 5. The predicted octanol–water partition coefficient (Wildman–Crippen LogP) is 2.73. The van der Waals surface area contributed by atoms with Crippen LogP contribution < -0.4 is 0 Å². The molecule has 0 amide bonds. The molecule has 35 heavy (non-hydrogen) atoms. The van der Waals surface area contributed by atoms with Crippen molar-refractivity contribution in [2.75, 3.05) is 6.61 Å². The molecule has 0 radical (unpaired) electrons. The molecule has 0 bridgehead atoms. The van der Waals surface area contributed by atoms with Crippen LogP contribution in [0.2, 0.25) is 0 Å². The third kappa shape index (κ3) is 3.29. The largest absolute Gasteiger partial charge is 0.427 e. The Morgan fingerprint density at radius 1 is 1.29 bits per heavy atom. The van der Waals surface area contributed by atoms with Crippen LogP contribution in [-0.2, 0) is 19.1 Å². The van der Waals surface area contributed by atoms with Crippen LogP contribution in [0.15, 0.2) is 35.6 Å². The number of rotatable bonds is 6. The molecule has 0 aromatic heterocycles. The second-order valence-corrected chi connectivity index (χ2v) is 11.1. The fourth-order valence-corrected chi connectivity index (χ4v) is 7.39. The molecule has 0 heterocycles. The first-order valence-electron chi connectivity index (χ1n) is 12.4. The Morgan fingerprint density at radius 3 is 2.60 bits per heavy atom. The van der Waals surface area contributed by atoms with Crippen molar-refractivity contribution in [3.05, 3.63) is 35.6 Å². The highest BCUT2D eigenvalue weighted by atomic mass is 19.1. The van der Waals surface area contributed by atoms with E-state index in [9.17, 15) is 29.7 Å². The second kappa shape index (κ2) is 8.46. The molecule has 0 aromatic rings. The molecule has 2 unspecified atom stereocenters. The summed E-state index contributed by atoms with van der Waals surface area (Å²) in [7, 11) is 0. The van der Waals surface area contributed by atoms with E-state index < -0.39 is 64.3 Å². The van der Waals surface area contributed by atoms with Gasteiger partial charge >= 0.3 is 5.97 Å². The molecule has 0 saturated heterocycles. The summed E-state index contributed by atoms with van der Waals surface area (Å²) >= 11 is 0. The molecule has 2 saturated carbocycles. The van der Waals surface area contributed by atoms with Gasteiger partial charge in [0.05, 0.1) is 11.5 Å². The minimum Gasteiger partial charge on any atom is -0.427 e. The number of carbonyl (C=O) groups excluding carboxylic acids is 3. The van der Waals surface area contributed by atoms with E-state index in [1.165, 1.54) is 24.3 Å². The summed E-state index contributed by atoms with van der Waals surface area (Å²) < 4.78 is 23.1. The van der Waals surface area contributed by atoms with E-state index in [1.807, 2.05) is 6.92 Å². The van der Waals surface area contributed by atoms with Crippen LogP contribution >= 0.6 is 0 Å². The maximum absolute atomic E-state index is 17.4. The highest BCUT2D eigenvalue weighted by molar-refractivity contribution is 6.02. The zero-order valence-corrected chi connectivity index (χ0v) is 20.7. The van der Waals surface area contributed by atoms with Crippen LogP contribution in [-0.4, -0.2) is 56.8 Å². The van der Waals surface area contributed by atoms with Crippen LogP contribution in [0, 0.1) is 28.6 Å².